The van der Waals surface area contributed by atoms with Crippen molar-refractivity contribution in [2.45, 2.75) is 39.1 Å². The molecule has 172 valence electrons. The molecule has 11 nitrogen and oxygen atoms in total. The maximum absolute atomic E-state index is 12.9. The number of nitrogens with zero attached hydrogens (tertiary/aromatic N) is 3. The van der Waals surface area contributed by atoms with Gasteiger partial charge in [-0.3, -0.25) is 19.3 Å². The Morgan fingerprint density at radius 2 is 2.03 bits per heavy atom. The van der Waals surface area contributed by atoms with E-state index >= 15 is 0 Å². The fourth-order valence-corrected chi connectivity index (χ4v) is 4.79. The monoisotopic (exact) mass is 481 g/mol. The lowest BCUT2D eigenvalue weighted by atomic mass is 9.97. The van der Waals surface area contributed by atoms with Gasteiger partial charge in [-0.05, 0) is 33.3 Å². The third-order valence-corrected chi connectivity index (χ3v) is 6.70. The molecule has 2 amide bonds. The maximum Gasteiger partial charge on any atom is 0.362 e. The van der Waals surface area contributed by atoms with Gasteiger partial charge in [-0.2, -0.15) is 0 Å². The van der Waals surface area contributed by atoms with Crippen LogP contribution in [0.3, 0.4) is 0 Å². The number of carbonyl (C=O) groups is 4. The second-order valence-electron chi connectivity index (χ2n) is 8.11. The van der Waals surface area contributed by atoms with Crippen molar-refractivity contribution in [3.05, 3.63) is 22.3 Å². The Hall–Kier alpha value is -2.93. The van der Waals surface area contributed by atoms with Crippen molar-refractivity contribution >= 4 is 57.7 Å². The number of thiazole rings is 1. The molecule has 2 aliphatic rings. The summed E-state index contributed by atoms with van der Waals surface area (Å²) >= 11 is 2.51. The predicted octanol–water partition coefficient (Wildman–Crippen LogP) is 0.866. The van der Waals surface area contributed by atoms with Crippen LogP contribution >= 0.6 is 23.1 Å². The number of β-lactam (4-membered cyclic amide) rings is 1. The number of nitrogens with two attached hydrogens (primary N) is 1. The number of aromatic nitrogens is 1. The van der Waals surface area contributed by atoms with Crippen molar-refractivity contribution in [2.75, 3.05) is 18.6 Å². The third-order valence-electron chi connectivity index (χ3n) is 4.60. The fourth-order valence-electron chi connectivity index (χ4n) is 2.95. The minimum absolute atomic E-state index is 0.0277. The summed E-state index contributed by atoms with van der Waals surface area (Å²) in [6.45, 7) is 6.56. The first kappa shape index (κ1) is 23.7. The van der Waals surface area contributed by atoms with Crippen molar-refractivity contribution in [3.63, 3.8) is 0 Å². The van der Waals surface area contributed by atoms with E-state index in [1.54, 1.807) is 33.1 Å². The largest absolute Gasteiger partial charge is 0.398 e. The summed E-state index contributed by atoms with van der Waals surface area (Å²) in [6.07, 6.45) is 0. The molecule has 0 aliphatic carbocycles. The zero-order valence-corrected chi connectivity index (χ0v) is 19.8. The van der Waals surface area contributed by atoms with Crippen LogP contribution in [0.15, 0.2) is 21.8 Å². The SMILES string of the molecule is CO/N=C(\C(=O)N[C@@H]1C(=O)N2C(C(=O)OC(=O)C(C)(C)C)=C(C)CS[C@H]12)c1csc(N)n1. The summed E-state index contributed by atoms with van der Waals surface area (Å²) in [6, 6.07) is -0.903. The highest BCUT2D eigenvalue weighted by Gasteiger charge is 2.54. The molecule has 32 heavy (non-hydrogen) atoms. The van der Waals surface area contributed by atoms with Crippen LogP contribution in [0.2, 0.25) is 0 Å². The Morgan fingerprint density at radius 3 is 2.59 bits per heavy atom. The van der Waals surface area contributed by atoms with E-state index in [1.807, 2.05) is 0 Å². The first-order valence-electron chi connectivity index (χ1n) is 9.50. The van der Waals surface area contributed by atoms with E-state index in [2.05, 4.69) is 15.5 Å². The Bertz CT molecular complexity index is 1040. The quantitative estimate of drug-likeness (QED) is 0.205. The summed E-state index contributed by atoms with van der Waals surface area (Å²) in [7, 11) is 1.28. The van der Waals surface area contributed by atoms with Gasteiger partial charge in [-0.25, -0.2) is 9.78 Å². The van der Waals surface area contributed by atoms with Crippen LogP contribution in [0.1, 0.15) is 33.4 Å². The van der Waals surface area contributed by atoms with Gasteiger partial charge in [-0.1, -0.05) is 5.16 Å². The first-order valence-corrected chi connectivity index (χ1v) is 11.4. The molecule has 2 aliphatic heterocycles. The number of rotatable bonds is 5. The molecule has 0 spiro atoms. The molecule has 0 bridgehead atoms. The lowest BCUT2D eigenvalue weighted by Gasteiger charge is -2.49. The van der Waals surface area contributed by atoms with E-state index in [-0.39, 0.29) is 22.2 Å². The van der Waals surface area contributed by atoms with Crippen LogP contribution in [-0.4, -0.2) is 63.6 Å². The second-order valence-corrected chi connectivity index (χ2v) is 10.1. The average Bonchev–Trinajstić information content (AvgIpc) is 3.14. The maximum atomic E-state index is 12.9. The molecule has 1 fully saturated rings. The molecule has 13 heteroatoms. The first-order chi connectivity index (χ1) is 15.0. The van der Waals surface area contributed by atoms with Gasteiger partial charge in [0.1, 0.15) is 29.9 Å². The topological polar surface area (TPSA) is 153 Å². The molecule has 1 aromatic rings. The van der Waals surface area contributed by atoms with Crippen LogP contribution in [0.4, 0.5) is 5.13 Å². The van der Waals surface area contributed by atoms with E-state index in [1.165, 1.54) is 23.8 Å². The van der Waals surface area contributed by atoms with E-state index in [0.717, 1.165) is 11.3 Å². The van der Waals surface area contributed by atoms with Gasteiger partial charge in [0.2, 0.25) is 0 Å². The van der Waals surface area contributed by atoms with Crippen LogP contribution in [0, 0.1) is 5.41 Å². The molecular formula is C19H23N5O6S2. The molecule has 0 radical (unpaired) electrons. The number of anilines is 1. The Labute approximate surface area is 192 Å². The van der Waals surface area contributed by atoms with E-state index in [4.69, 9.17) is 15.3 Å². The summed E-state index contributed by atoms with van der Waals surface area (Å²) in [5.41, 5.74) is 5.47. The lowest BCUT2D eigenvalue weighted by molar-refractivity contribution is -0.166. The standard InChI is InChI=1S/C19H23N5O6S2/c1-8-6-31-15-11(22-13(25)10(23-29-5)9-7-32-18(20)21-9)14(26)24(15)12(8)16(27)30-17(28)19(2,3)4/h7,11,15H,6H2,1-5H3,(H2,20,21)(H,22,25)/b23-10-/t11-,15-/m1/s1. The number of thioether (sulfide) groups is 1. The van der Waals surface area contributed by atoms with Crippen molar-refractivity contribution in [2.24, 2.45) is 10.6 Å². The number of hydrogen-bond donors (Lipinski definition) is 2. The molecule has 3 heterocycles. The summed E-state index contributed by atoms with van der Waals surface area (Å²) in [4.78, 5) is 60.4. The molecule has 1 saturated heterocycles. The van der Waals surface area contributed by atoms with Crippen LogP contribution in [-0.2, 0) is 28.8 Å². The van der Waals surface area contributed by atoms with Gasteiger partial charge in [0.25, 0.3) is 11.8 Å². The smallest absolute Gasteiger partial charge is 0.362 e. The molecule has 0 unspecified atom stereocenters. The summed E-state index contributed by atoms with van der Waals surface area (Å²) < 4.78 is 4.99. The second kappa shape index (κ2) is 8.90. The molecule has 0 aromatic carbocycles. The molecular weight excluding hydrogens is 458 g/mol. The van der Waals surface area contributed by atoms with Crippen LogP contribution < -0.4 is 11.1 Å². The predicted molar refractivity (Wildman–Crippen MR) is 118 cm³/mol. The normalized spacial score (nSPS) is 21.0. The van der Waals surface area contributed by atoms with Gasteiger partial charge in [0, 0.05) is 11.1 Å². The number of oxime groups is 1. The van der Waals surface area contributed by atoms with E-state index in [0.29, 0.717) is 11.3 Å². The number of carbonyl (C=O) groups excluding carboxylic acids is 4. The zero-order valence-electron chi connectivity index (χ0n) is 18.1. The number of ether oxygens (including phenoxy) is 1. The Kier molecular flexibility index (Phi) is 6.60. The number of esters is 2. The highest BCUT2D eigenvalue weighted by Crippen LogP contribution is 2.40. The average molecular weight is 482 g/mol. The molecule has 1 aromatic heterocycles. The molecule has 2 atom stereocenters. The van der Waals surface area contributed by atoms with E-state index < -0.39 is 40.6 Å². The Balaban J connectivity index is 1.75. The van der Waals surface area contributed by atoms with Gasteiger partial charge < -0.3 is 20.6 Å². The van der Waals surface area contributed by atoms with Gasteiger partial charge in [-0.15, -0.1) is 23.1 Å². The van der Waals surface area contributed by atoms with Crippen LogP contribution in [0.5, 0.6) is 0 Å². The number of hydrogen-bond acceptors (Lipinski definition) is 11. The molecule has 0 saturated carbocycles. The van der Waals surface area contributed by atoms with E-state index in [9.17, 15) is 19.2 Å². The summed E-state index contributed by atoms with van der Waals surface area (Å²) in [5.74, 6) is -2.33. The fraction of sp³-hybridized carbons (Fsp3) is 0.474. The summed E-state index contributed by atoms with van der Waals surface area (Å²) in [5, 5.41) is 7.58. The zero-order chi connectivity index (χ0) is 23.8. The van der Waals surface area contributed by atoms with Gasteiger partial charge in [0.15, 0.2) is 10.8 Å². The van der Waals surface area contributed by atoms with Crippen molar-refractivity contribution < 1.29 is 28.8 Å². The lowest BCUT2D eigenvalue weighted by Crippen LogP contribution is -2.71. The number of nitrogens with one attached hydrogen (secondary N) is 1. The van der Waals surface area contributed by atoms with Crippen LogP contribution in [0.25, 0.3) is 0 Å². The van der Waals surface area contributed by atoms with Gasteiger partial charge >= 0.3 is 11.9 Å². The number of amides is 2. The van der Waals surface area contributed by atoms with Crippen molar-refractivity contribution in [3.8, 4) is 0 Å². The minimum Gasteiger partial charge on any atom is -0.398 e. The Morgan fingerprint density at radius 1 is 1.34 bits per heavy atom. The number of nitrogen functional groups attached to an aromatic ring is 1. The van der Waals surface area contributed by atoms with Gasteiger partial charge in [0.05, 0.1) is 5.41 Å². The third kappa shape index (κ3) is 4.48. The highest BCUT2D eigenvalue weighted by atomic mass is 32.2. The highest BCUT2D eigenvalue weighted by molar-refractivity contribution is 8.00. The van der Waals surface area contributed by atoms with Crippen molar-refractivity contribution in [1.82, 2.24) is 15.2 Å². The molecule has 3 rings (SSSR count). The minimum atomic E-state index is -0.903. The number of fused-ring (bicyclic) bond motifs is 1. The molecule has 3 N–H and O–H groups in total. The van der Waals surface area contributed by atoms with Crippen molar-refractivity contribution in [1.29, 1.82) is 0 Å².